The summed E-state index contributed by atoms with van der Waals surface area (Å²) < 4.78 is 6.83. The van der Waals surface area contributed by atoms with Crippen LogP contribution in [0.4, 0.5) is 0 Å². The van der Waals surface area contributed by atoms with E-state index in [-0.39, 0.29) is 0 Å². The topological polar surface area (TPSA) is 34.1 Å². The van der Waals surface area contributed by atoms with Crippen molar-refractivity contribution in [1.29, 1.82) is 0 Å². The Hall–Kier alpha value is -0.970. The van der Waals surface area contributed by atoms with Crippen LogP contribution in [0.3, 0.4) is 0 Å². The van der Waals surface area contributed by atoms with Crippen LogP contribution in [0.2, 0.25) is 0 Å². The molecule has 0 aliphatic carbocycles. The molecule has 0 spiro atoms. The lowest BCUT2D eigenvalue weighted by Gasteiger charge is -2.14. The van der Waals surface area contributed by atoms with Crippen molar-refractivity contribution in [3.8, 4) is 0 Å². The predicted octanol–water partition coefficient (Wildman–Crippen LogP) is 3.24. The number of rotatable bonds is 8. The molecule has 1 N–H and O–H groups in total. The van der Waals surface area contributed by atoms with Gasteiger partial charge in [0.25, 0.3) is 0 Å². The smallest absolute Gasteiger partial charge is 0.0954 e. The standard InChI is InChI=1S/C15H22N2OS/c1-3-9-18-10-8-12(16-2)11-15-17-13-6-4-5-7-14(13)19-15/h4-7,12,16H,3,8-11H2,1-2H3. The van der Waals surface area contributed by atoms with E-state index >= 15 is 0 Å². The van der Waals surface area contributed by atoms with Gasteiger partial charge >= 0.3 is 0 Å². The van der Waals surface area contributed by atoms with Gasteiger partial charge in [-0.1, -0.05) is 19.1 Å². The molecule has 2 aromatic rings. The zero-order valence-electron chi connectivity index (χ0n) is 11.7. The highest BCUT2D eigenvalue weighted by atomic mass is 32.1. The summed E-state index contributed by atoms with van der Waals surface area (Å²) in [6.07, 6.45) is 3.10. The zero-order valence-corrected chi connectivity index (χ0v) is 12.5. The number of thiazole rings is 1. The maximum absolute atomic E-state index is 5.55. The number of nitrogens with zero attached hydrogens (tertiary/aromatic N) is 1. The van der Waals surface area contributed by atoms with Crippen LogP contribution in [0.25, 0.3) is 10.2 Å². The van der Waals surface area contributed by atoms with Crippen molar-refractivity contribution in [3.05, 3.63) is 29.3 Å². The third-order valence-electron chi connectivity index (χ3n) is 3.13. The molecular formula is C15H22N2OS. The second kappa shape index (κ2) is 7.58. The minimum absolute atomic E-state index is 0.442. The van der Waals surface area contributed by atoms with Gasteiger partial charge in [0.05, 0.1) is 15.2 Å². The first kappa shape index (κ1) is 14.4. The molecule has 0 aliphatic heterocycles. The van der Waals surface area contributed by atoms with Crippen LogP contribution in [0.1, 0.15) is 24.8 Å². The Labute approximate surface area is 119 Å². The van der Waals surface area contributed by atoms with Gasteiger partial charge < -0.3 is 10.1 Å². The van der Waals surface area contributed by atoms with Crippen molar-refractivity contribution >= 4 is 21.6 Å². The molecule has 0 amide bonds. The fourth-order valence-electron chi connectivity index (χ4n) is 2.04. The highest BCUT2D eigenvalue weighted by Gasteiger charge is 2.11. The van der Waals surface area contributed by atoms with Crippen LogP contribution in [0.15, 0.2) is 24.3 Å². The molecule has 1 unspecified atom stereocenters. The molecule has 0 fully saturated rings. The summed E-state index contributed by atoms with van der Waals surface area (Å²) in [6, 6.07) is 8.76. The van der Waals surface area contributed by atoms with Crippen LogP contribution in [0, 0.1) is 0 Å². The Morgan fingerprint density at radius 3 is 2.89 bits per heavy atom. The van der Waals surface area contributed by atoms with Gasteiger partial charge in [0.2, 0.25) is 0 Å². The molecule has 1 heterocycles. The lowest BCUT2D eigenvalue weighted by atomic mass is 10.1. The van der Waals surface area contributed by atoms with Crippen LogP contribution in [-0.2, 0) is 11.2 Å². The fourth-order valence-corrected chi connectivity index (χ4v) is 3.09. The van der Waals surface area contributed by atoms with Crippen molar-refractivity contribution in [1.82, 2.24) is 10.3 Å². The molecule has 2 rings (SSSR count). The third kappa shape index (κ3) is 4.27. The number of para-hydroxylation sites is 1. The summed E-state index contributed by atoms with van der Waals surface area (Å²) >= 11 is 1.79. The summed E-state index contributed by atoms with van der Waals surface area (Å²) in [5, 5.41) is 4.56. The number of nitrogens with one attached hydrogen (secondary N) is 1. The number of fused-ring (bicyclic) bond motifs is 1. The molecule has 19 heavy (non-hydrogen) atoms. The minimum Gasteiger partial charge on any atom is -0.381 e. The van der Waals surface area contributed by atoms with E-state index in [4.69, 9.17) is 4.74 Å². The number of ether oxygens (including phenoxy) is 1. The summed E-state index contributed by atoms with van der Waals surface area (Å²) in [5.74, 6) is 0. The lowest BCUT2D eigenvalue weighted by molar-refractivity contribution is 0.125. The largest absolute Gasteiger partial charge is 0.381 e. The van der Waals surface area contributed by atoms with Gasteiger partial charge in [-0.3, -0.25) is 0 Å². The first-order chi connectivity index (χ1) is 9.33. The molecule has 4 heteroatoms. The SMILES string of the molecule is CCCOCCC(Cc1nc2ccccc2s1)NC. The average molecular weight is 278 g/mol. The number of benzene rings is 1. The van der Waals surface area contributed by atoms with E-state index in [0.29, 0.717) is 6.04 Å². The first-order valence-corrected chi connectivity index (χ1v) is 7.74. The Morgan fingerprint density at radius 2 is 2.16 bits per heavy atom. The molecule has 0 saturated heterocycles. The van der Waals surface area contributed by atoms with E-state index < -0.39 is 0 Å². The molecule has 0 aliphatic rings. The van der Waals surface area contributed by atoms with Gasteiger partial charge in [-0.2, -0.15) is 0 Å². The summed E-state index contributed by atoms with van der Waals surface area (Å²) in [6.45, 7) is 3.82. The summed E-state index contributed by atoms with van der Waals surface area (Å²) in [7, 11) is 2.01. The maximum Gasteiger partial charge on any atom is 0.0954 e. The Balaban J connectivity index is 1.90. The maximum atomic E-state index is 5.55. The highest BCUT2D eigenvalue weighted by molar-refractivity contribution is 7.18. The van der Waals surface area contributed by atoms with Crippen molar-refractivity contribution in [2.24, 2.45) is 0 Å². The predicted molar refractivity (Wildman–Crippen MR) is 81.9 cm³/mol. The molecule has 1 aromatic carbocycles. The Bertz CT molecular complexity index is 465. The zero-order chi connectivity index (χ0) is 13.5. The van der Waals surface area contributed by atoms with Gasteiger partial charge in [-0.15, -0.1) is 11.3 Å². The molecule has 104 valence electrons. The van der Waals surface area contributed by atoms with E-state index in [1.54, 1.807) is 11.3 Å². The van der Waals surface area contributed by atoms with Crippen LogP contribution >= 0.6 is 11.3 Å². The molecule has 0 bridgehead atoms. The number of hydrogen-bond acceptors (Lipinski definition) is 4. The summed E-state index contributed by atoms with van der Waals surface area (Å²) in [5.41, 5.74) is 1.11. The van der Waals surface area contributed by atoms with Gasteiger partial charge in [-0.25, -0.2) is 4.98 Å². The Morgan fingerprint density at radius 1 is 1.32 bits per heavy atom. The van der Waals surface area contributed by atoms with Crippen molar-refractivity contribution < 1.29 is 4.74 Å². The van der Waals surface area contributed by atoms with Gasteiger partial charge in [-0.05, 0) is 32.0 Å². The van der Waals surface area contributed by atoms with E-state index in [1.165, 1.54) is 9.71 Å². The summed E-state index contributed by atoms with van der Waals surface area (Å²) in [4.78, 5) is 4.68. The second-order valence-electron chi connectivity index (χ2n) is 4.67. The molecule has 0 saturated carbocycles. The average Bonchev–Trinajstić information content (AvgIpc) is 2.84. The normalized spacial score (nSPS) is 12.9. The van der Waals surface area contributed by atoms with Gasteiger partial charge in [0, 0.05) is 25.7 Å². The fraction of sp³-hybridized carbons (Fsp3) is 0.533. The van der Waals surface area contributed by atoms with Crippen molar-refractivity contribution in [2.75, 3.05) is 20.3 Å². The van der Waals surface area contributed by atoms with Crippen LogP contribution in [0.5, 0.6) is 0 Å². The Kier molecular flexibility index (Phi) is 5.76. The first-order valence-electron chi connectivity index (χ1n) is 6.93. The van der Waals surface area contributed by atoms with Crippen LogP contribution < -0.4 is 5.32 Å². The van der Waals surface area contributed by atoms with E-state index in [2.05, 4.69) is 35.4 Å². The molecule has 1 aromatic heterocycles. The highest BCUT2D eigenvalue weighted by Crippen LogP contribution is 2.22. The van der Waals surface area contributed by atoms with Crippen molar-refractivity contribution in [3.63, 3.8) is 0 Å². The molecular weight excluding hydrogens is 256 g/mol. The van der Waals surface area contributed by atoms with E-state index in [9.17, 15) is 0 Å². The lowest BCUT2D eigenvalue weighted by Crippen LogP contribution is -2.29. The number of hydrogen-bond donors (Lipinski definition) is 1. The molecule has 1 atom stereocenters. The van der Waals surface area contributed by atoms with Gasteiger partial charge in [0.15, 0.2) is 0 Å². The van der Waals surface area contributed by atoms with Crippen LogP contribution in [-0.4, -0.2) is 31.3 Å². The van der Waals surface area contributed by atoms with E-state index in [0.717, 1.165) is 38.0 Å². The monoisotopic (exact) mass is 278 g/mol. The molecule has 3 nitrogen and oxygen atoms in total. The number of likely N-dealkylation sites (N-methyl/N-ethyl adjacent to an activating group) is 1. The van der Waals surface area contributed by atoms with E-state index in [1.807, 2.05) is 13.1 Å². The quantitative estimate of drug-likeness (QED) is 0.753. The van der Waals surface area contributed by atoms with Gasteiger partial charge in [0.1, 0.15) is 0 Å². The second-order valence-corrected chi connectivity index (χ2v) is 5.78. The minimum atomic E-state index is 0.442. The molecule has 0 radical (unpaired) electrons. The number of aromatic nitrogens is 1. The third-order valence-corrected chi connectivity index (χ3v) is 4.19. The van der Waals surface area contributed by atoms with Crippen molar-refractivity contribution in [2.45, 2.75) is 32.2 Å².